The summed E-state index contributed by atoms with van der Waals surface area (Å²) in [7, 11) is 0. The van der Waals surface area contributed by atoms with Gasteiger partial charge in [0.1, 0.15) is 0 Å². The van der Waals surface area contributed by atoms with E-state index in [0.29, 0.717) is 0 Å². The highest BCUT2D eigenvalue weighted by molar-refractivity contribution is 5.97. The molecule has 9 rings (SSSR count). The Morgan fingerprint density at radius 2 is 0.959 bits per heavy atom. The van der Waals surface area contributed by atoms with Crippen LogP contribution in [-0.2, 0) is 5.41 Å². The first-order chi connectivity index (χ1) is 24.2. The lowest BCUT2D eigenvalue weighted by molar-refractivity contribution is 0.714. The van der Waals surface area contributed by atoms with Crippen LogP contribution in [0.1, 0.15) is 23.6 Å². The maximum Gasteiger partial charge on any atom is 0.0543 e. The van der Waals surface area contributed by atoms with Crippen molar-refractivity contribution in [3.05, 3.63) is 211 Å². The lowest BCUT2D eigenvalue weighted by atomic mass is 9.74. The molecule has 8 aromatic carbocycles. The number of rotatable bonds is 6. The molecule has 1 atom stereocenters. The Morgan fingerprint density at radius 3 is 1.73 bits per heavy atom. The van der Waals surface area contributed by atoms with Crippen molar-refractivity contribution in [2.24, 2.45) is 0 Å². The van der Waals surface area contributed by atoms with Gasteiger partial charge in [0, 0.05) is 22.4 Å². The summed E-state index contributed by atoms with van der Waals surface area (Å²) in [6, 6.07) is 70.7. The molecule has 0 saturated carbocycles. The van der Waals surface area contributed by atoms with Gasteiger partial charge in [-0.1, -0.05) is 158 Å². The van der Waals surface area contributed by atoms with Crippen LogP contribution in [0.25, 0.3) is 44.2 Å². The Bertz CT molecular complexity index is 2440. The van der Waals surface area contributed by atoms with Crippen molar-refractivity contribution < 1.29 is 0 Å². The van der Waals surface area contributed by atoms with E-state index in [1.165, 1.54) is 66.5 Å². The first kappa shape index (κ1) is 29.0. The fourth-order valence-corrected chi connectivity index (χ4v) is 7.85. The fourth-order valence-electron chi connectivity index (χ4n) is 7.85. The highest BCUT2D eigenvalue weighted by Gasteiger charge is 2.42. The van der Waals surface area contributed by atoms with Gasteiger partial charge >= 0.3 is 0 Å². The Morgan fingerprint density at radius 1 is 0.388 bits per heavy atom. The molecule has 0 amide bonds. The normalized spacial score (nSPS) is 14.7. The third-order valence-corrected chi connectivity index (χ3v) is 10.3. The van der Waals surface area contributed by atoms with Crippen LogP contribution < -0.4 is 4.90 Å². The van der Waals surface area contributed by atoms with Crippen molar-refractivity contribution in [1.29, 1.82) is 0 Å². The van der Waals surface area contributed by atoms with E-state index >= 15 is 0 Å². The number of benzene rings is 8. The Balaban J connectivity index is 1.22. The summed E-state index contributed by atoms with van der Waals surface area (Å²) in [5.74, 6) is 0. The molecule has 1 nitrogen and oxygen atoms in total. The molecular formula is C48H35N. The molecule has 1 aliphatic rings. The summed E-state index contributed by atoms with van der Waals surface area (Å²) in [5.41, 5.74) is 14.6. The lowest BCUT2D eigenvalue weighted by Crippen LogP contribution is -2.22. The summed E-state index contributed by atoms with van der Waals surface area (Å²) < 4.78 is 0. The first-order valence-electron chi connectivity index (χ1n) is 17.0. The van der Waals surface area contributed by atoms with E-state index in [-0.39, 0.29) is 5.41 Å². The maximum atomic E-state index is 2.45. The van der Waals surface area contributed by atoms with Crippen LogP contribution in [0.2, 0.25) is 0 Å². The van der Waals surface area contributed by atoms with Gasteiger partial charge in [-0.2, -0.15) is 0 Å². The standard InChI is InChI=1S/C48H35N/c1-48(40-20-6-3-7-21-40)44-23-11-10-22-43(44)47-45(48)24-13-25-46(47)49(42-31-28-35-16-8-9-17-39(35)33-42)41-29-26-36(27-30-41)38-19-12-18-37(32-38)34-14-4-2-5-15-34/h2-33H,1H3. The number of anilines is 3. The third kappa shape index (κ3) is 4.86. The van der Waals surface area contributed by atoms with Gasteiger partial charge in [0.25, 0.3) is 0 Å². The van der Waals surface area contributed by atoms with E-state index in [1.807, 2.05) is 0 Å². The van der Waals surface area contributed by atoms with Crippen molar-refractivity contribution in [3.8, 4) is 33.4 Å². The molecule has 1 unspecified atom stereocenters. The SMILES string of the molecule is CC1(c2ccccc2)c2ccccc2-c2c(N(c3ccc(-c4cccc(-c5ccccc5)c4)cc3)c3ccc4ccccc4c3)cccc21. The van der Waals surface area contributed by atoms with Crippen LogP contribution in [0.4, 0.5) is 17.1 Å². The largest absolute Gasteiger partial charge is 0.310 e. The quantitative estimate of drug-likeness (QED) is 0.178. The van der Waals surface area contributed by atoms with Crippen LogP contribution in [0, 0.1) is 0 Å². The average Bonchev–Trinajstić information content (AvgIpc) is 3.45. The van der Waals surface area contributed by atoms with Gasteiger partial charge in [0.05, 0.1) is 5.69 Å². The van der Waals surface area contributed by atoms with Crippen LogP contribution in [-0.4, -0.2) is 0 Å². The minimum atomic E-state index is -0.272. The molecule has 0 bridgehead atoms. The molecule has 0 spiro atoms. The van der Waals surface area contributed by atoms with E-state index < -0.39 is 0 Å². The van der Waals surface area contributed by atoms with E-state index in [0.717, 1.165) is 11.4 Å². The highest BCUT2D eigenvalue weighted by Crippen LogP contribution is 2.56. The van der Waals surface area contributed by atoms with Gasteiger partial charge < -0.3 is 4.90 Å². The topological polar surface area (TPSA) is 3.24 Å². The monoisotopic (exact) mass is 625 g/mol. The Kier molecular flexibility index (Phi) is 6.99. The second-order valence-electron chi connectivity index (χ2n) is 13.1. The van der Waals surface area contributed by atoms with Gasteiger partial charge in [0.2, 0.25) is 0 Å². The van der Waals surface area contributed by atoms with Gasteiger partial charge in [0.15, 0.2) is 0 Å². The molecule has 49 heavy (non-hydrogen) atoms. The van der Waals surface area contributed by atoms with Crippen LogP contribution in [0.5, 0.6) is 0 Å². The number of hydrogen-bond acceptors (Lipinski definition) is 1. The minimum Gasteiger partial charge on any atom is -0.310 e. The number of fused-ring (bicyclic) bond motifs is 4. The minimum absolute atomic E-state index is 0.272. The second kappa shape index (κ2) is 11.8. The molecule has 1 aliphatic carbocycles. The summed E-state index contributed by atoms with van der Waals surface area (Å²) in [6.45, 7) is 2.38. The van der Waals surface area contributed by atoms with E-state index in [9.17, 15) is 0 Å². The summed E-state index contributed by atoms with van der Waals surface area (Å²) >= 11 is 0. The van der Waals surface area contributed by atoms with Crippen molar-refractivity contribution >= 4 is 27.8 Å². The van der Waals surface area contributed by atoms with Crippen LogP contribution >= 0.6 is 0 Å². The molecule has 1 heteroatoms. The summed E-state index contributed by atoms with van der Waals surface area (Å²) in [4.78, 5) is 2.45. The van der Waals surface area contributed by atoms with E-state index in [2.05, 4.69) is 206 Å². The zero-order valence-electron chi connectivity index (χ0n) is 27.4. The van der Waals surface area contributed by atoms with Crippen LogP contribution in [0.3, 0.4) is 0 Å². The molecule has 0 aliphatic heterocycles. The first-order valence-corrected chi connectivity index (χ1v) is 17.0. The molecule has 0 aromatic heterocycles. The molecule has 0 radical (unpaired) electrons. The Hall–Kier alpha value is -6.18. The van der Waals surface area contributed by atoms with Gasteiger partial charge in [-0.3, -0.25) is 0 Å². The van der Waals surface area contributed by atoms with E-state index in [4.69, 9.17) is 0 Å². The summed E-state index contributed by atoms with van der Waals surface area (Å²) in [6.07, 6.45) is 0. The fraction of sp³-hybridized carbons (Fsp3) is 0.0417. The second-order valence-corrected chi connectivity index (χ2v) is 13.1. The molecule has 0 saturated heterocycles. The van der Waals surface area contributed by atoms with Gasteiger partial charge in [-0.05, 0) is 98.6 Å². The van der Waals surface area contributed by atoms with Crippen LogP contribution in [0.15, 0.2) is 194 Å². The molecule has 232 valence electrons. The van der Waals surface area contributed by atoms with Crippen molar-refractivity contribution in [3.63, 3.8) is 0 Å². The molecular weight excluding hydrogens is 591 g/mol. The molecule has 0 fully saturated rings. The lowest BCUT2D eigenvalue weighted by Gasteiger charge is -2.30. The predicted octanol–water partition coefficient (Wildman–Crippen LogP) is 13.0. The van der Waals surface area contributed by atoms with E-state index in [1.54, 1.807) is 0 Å². The molecule has 0 N–H and O–H groups in total. The zero-order valence-corrected chi connectivity index (χ0v) is 27.4. The number of nitrogens with zero attached hydrogens (tertiary/aromatic N) is 1. The summed E-state index contributed by atoms with van der Waals surface area (Å²) in [5, 5.41) is 2.46. The third-order valence-electron chi connectivity index (χ3n) is 10.3. The molecule has 0 heterocycles. The predicted molar refractivity (Wildman–Crippen MR) is 207 cm³/mol. The smallest absolute Gasteiger partial charge is 0.0543 e. The molecule has 8 aromatic rings. The van der Waals surface area contributed by atoms with Crippen molar-refractivity contribution in [2.45, 2.75) is 12.3 Å². The maximum absolute atomic E-state index is 2.45. The highest BCUT2D eigenvalue weighted by atomic mass is 15.1. The van der Waals surface area contributed by atoms with Gasteiger partial charge in [-0.15, -0.1) is 0 Å². The van der Waals surface area contributed by atoms with Crippen molar-refractivity contribution in [2.75, 3.05) is 4.90 Å². The average molecular weight is 626 g/mol. The Labute approximate surface area is 288 Å². The number of hydrogen-bond donors (Lipinski definition) is 0. The van der Waals surface area contributed by atoms with Crippen molar-refractivity contribution in [1.82, 2.24) is 0 Å². The zero-order chi connectivity index (χ0) is 32.8. The van der Waals surface area contributed by atoms with Gasteiger partial charge in [-0.25, -0.2) is 0 Å².